The molecule has 146 valence electrons. The summed E-state index contributed by atoms with van der Waals surface area (Å²) >= 11 is 18.5. The van der Waals surface area contributed by atoms with E-state index < -0.39 is 0 Å². The summed E-state index contributed by atoms with van der Waals surface area (Å²) in [4.78, 5) is 0. The largest absolute Gasteiger partial charge is 0.487 e. The summed E-state index contributed by atoms with van der Waals surface area (Å²) < 4.78 is 6.03. The van der Waals surface area contributed by atoms with Crippen molar-refractivity contribution in [2.24, 2.45) is 0 Å². The first-order valence-corrected chi connectivity index (χ1v) is 10.3. The molecule has 0 unspecified atom stereocenters. The van der Waals surface area contributed by atoms with Crippen molar-refractivity contribution in [3.05, 3.63) is 98.0 Å². The molecule has 0 amide bonds. The van der Waals surface area contributed by atoms with E-state index in [-0.39, 0.29) is 0 Å². The molecule has 0 atom stereocenters. The molecule has 2 nitrogen and oxygen atoms in total. The first kappa shape index (κ1) is 21.0. The molecule has 0 aliphatic carbocycles. The zero-order valence-corrected chi connectivity index (χ0v) is 17.9. The highest BCUT2D eigenvalue weighted by Crippen LogP contribution is 2.33. The lowest BCUT2D eigenvalue weighted by molar-refractivity contribution is 0.302. The van der Waals surface area contributed by atoms with E-state index in [1.54, 1.807) is 6.07 Å². The molecule has 0 aliphatic heterocycles. The van der Waals surface area contributed by atoms with Gasteiger partial charge in [-0.2, -0.15) is 0 Å². The lowest BCUT2D eigenvalue weighted by Gasteiger charge is -2.15. The zero-order valence-electron chi connectivity index (χ0n) is 15.6. The highest BCUT2D eigenvalue weighted by atomic mass is 35.5. The summed E-state index contributed by atoms with van der Waals surface area (Å²) in [5.74, 6) is 0.672. The number of hydrogen-bond donors (Lipinski definition) is 1. The van der Waals surface area contributed by atoms with Crippen LogP contribution in [-0.4, -0.2) is 6.54 Å². The molecule has 0 spiro atoms. The van der Waals surface area contributed by atoms with Gasteiger partial charge in [-0.05, 0) is 55.3 Å². The Labute approximate surface area is 181 Å². The molecule has 0 fully saturated rings. The fourth-order valence-electron chi connectivity index (χ4n) is 2.85. The third-order valence-electron chi connectivity index (χ3n) is 4.41. The second kappa shape index (κ2) is 10.2. The highest BCUT2D eigenvalue weighted by Gasteiger charge is 2.11. The van der Waals surface area contributed by atoms with Gasteiger partial charge in [0.2, 0.25) is 0 Å². The van der Waals surface area contributed by atoms with Gasteiger partial charge in [0.15, 0.2) is 0 Å². The fraction of sp³-hybridized carbons (Fsp3) is 0.217. The number of hydrogen-bond acceptors (Lipinski definition) is 2. The van der Waals surface area contributed by atoms with Crippen LogP contribution in [0.25, 0.3) is 0 Å². The van der Waals surface area contributed by atoms with Gasteiger partial charge in [-0.25, -0.2) is 0 Å². The van der Waals surface area contributed by atoms with E-state index in [0.29, 0.717) is 28.9 Å². The van der Waals surface area contributed by atoms with E-state index in [4.69, 9.17) is 39.5 Å². The van der Waals surface area contributed by atoms with Crippen LogP contribution in [0.5, 0.6) is 5.75 Å². The van der Waals surface area contributed by atoms with Gasteiger partial charge in [-0.15, -0.1) is 0 Å². The molecule has 0 radical (unpaired) electrons. The summed E-state index contributed by atoms with van der Waals surface area (Å²) in [6, 6.07) is 19.8. The van der Waals surface area contributed by atoms with Crippen molar-refractivity contribution in [3.8, 4) is 5.75 Å². The molecule has 1 N–H and O–H groups in total. The number of aryl methyl sites for hydroxylation is 1. The summed E-state index contributed by atoms with van der Waals surface area (Å²) in [7, 11) is 0. The standard InChI is InChI=1S/C23H22Cl3NO/c1-16-2-4-18(5-3-16)15-28-23-19(12-21(25)13-22(23)26)14-27-11-10-17-6-8-20(24)9-7-17/h2-9,12-13,27H,10-11,14-15H2,1H3. The monoisotopic (exact) mass is 433 g/mol. The number of benzene rings is 3. The van der Waals surface area contributed by atoms with Crippen LogP contribution in [0.2, 0.25) is 15.1 Å². The molecule has 5 heteroatoms. The second-order valence-corrected chi connectivity index (χ2v) is 7.98. The lowest BCUT2D eigenvalue weighted by Crippen LogP contribution is -2.17. The van der Waals surface area contributed by atoms with E-state index in [0.717, 1.165) is 29.1 Å². The van der Waals surface area contributed by atoms with E-state index in [1.807, 2.05) is 30.3 Å². The predicted octanol–water partition coefficient (Wildman–Crippen LogP) is 6.87. The molecule has 0 aliphatic rings. The maximum Gasteiger partial charge on any atom is 0.142 e. The molecule has 0 bridgehead atoms. The second-order valence-electron chi connectivity index (χ2n) is 6.70. The minimum Gasteiger partial charge on any atom is -0.487 e. The average molecular weight is 435 g/mol. The molecule has 0 saturated carbocycles. The Balaban J connectivity index is 1.61. The van der Waals surface area contributed by atoms with Crippen molar-refractivity contribution in [1.82, 2.24) is 5.32 Å². The molecule has 0 saturated heterocycles. The maximum atomic E-state index is 6.40. The zero-order chi connectivity index (χ0) is 19.9. The van der Waals surface area contributed by atoms with Crippen LogP contribution in [0.15, 0.2) is 60.7 Å². The summed E-state index contributed by atoms with van der Waals surface area (Å²) in [6.07, 6.45) is 0.908. The highest BCUT2D eigenvalue weighted by molar-refractivity contribution is 6.35. The Morgan fingerprint density at radius 2 is 1.50 bits per heavy atom. The summed E-state index contributed by atoms with van der Waals surface area (Å²) in [6.45, 7) is 3.97. The van der Waals surface area contributed by atoms with Gasteiger partial charge in [-0.3, -0.25) is 0 Å². The first-order valence-electron chi connectivity index (χ1n) is 9.12. The van der Waals surface area contributed by atoms with Crippen molar-refractivity contribution >= 4 is 34.8 Å². The van der Waals surface area contributed by atoms with Gasteiger partial charge in [0, 0.05) is 22.2 Å². The minimum atomic E-state index is 0.458. The van der Waals surface area contributed by atoms with Gasteiger partial charge in [0.05, 0.1) is 5.02 Å². The van der Waals surface area contributed by atoms with Gasteiger partial charge < -0.3 is 10.1 Å². The van der Waals surface area contributed by atoms with Crippen molar-refractivity contribution in [2.75, 3.05) is 6.54 Å². The molecule has 0 heterocycles. The van der Waals surface area contributed by atoms with Crippen LogP contribution >= 0.6 is 34.8 Å². The van der Waals surface area contributed by atoms with E-state index in [9.17, 15) is 0 Å². The Kier molecular flexibility index (Phi) is 7.64. The molecule has 3 rings (SSSR count). The lowest BCUT2D eigenvalue weighted by atomic mass is 10.1. The molecule has 0 aromatic heterocycles. The quantitative estimate of drug-likeness (QED) is 0.391. The van der Waals surface area contributed by atoms with Gasteiger partial charge in [0.1, 0.15) is 12.4 Å². The fourth-order valence-corrected chi connectivity index (χ4v) is 3.57. The Morgan fingerprint density at radius 3 is 2.21 bits per heavy atom. The smallest absolute Gasteiger partial charge is 0.142 e. The number of rotatable bonds is 8. The predicted molar refractivity (Wildman–Crippen MR) is 119 cm³/mol. The maximum absolute atomic E-state index is 6.40. The Bertz CT molecular complexity index is 908. The van der Waals surface area contributed by atoms with E-state index in [2.05, 4.69) is 36.5 Å². The number of nitrogens with one attached hydrogen (secondary N) is 1. The summed E-state index contributed by atoms with van der Waals surface area (Å²) in [5.41, 5.74) is 4.50. The SMILES string of the molecule is Cc1ccc(COc2c(Cl)cc(Cl)cc2CNCCc2ccc(Cl)cc2)cc1. The van der Waals surface area contributed by atoms with Crippen LogP contribution < -0.4 is 10.1 Å². The molecule has 28 heavy (non-hydrogen) atoms. The Morgan fingerprint density at radius 1 is 0.821 bits per heavy atom. The van der Waals surface area contributed by atoms with Gasteiger partial charge >= 0.3 is 0 Å². The van der Waals surface area contributed by atoms with Crippen LogP contribution in [0.4, 0.5) is 0 Å². The number of ether oxygens (including phenoxy) is 1. The Hall–Kier alpha value is -1.71. The number of halogens is 3. The third-order valence-corrected chi connectivity index (χ3v) is 5.16. The van der Waals surface area contributed by atoms with Crippen LogP contribution in [0, 0.1) is 6.92 Å². The van der Waals surface area contributed by atoms with Crippen molar-refractivity contribution in [3.63, 3.8) is 0 Å². The molecular formula is C23H22Cl3NO. The summed E-state index contributed by atoms with van der Waals surface area (Å²) in [5, 5.41) is 5.31. The van der Waals surface area contributed by atoms with Crippen molar-refractivity contribution in [2.45, 2.75) is 26.5 Å². The van der Waals surface area contributed by atoms with E-state index in [1.165, 1.54) is 11.1 Å². The van der Waals surface area contributed by atoms with Gasteiger partial charge in [-0.1, -0.05) is 76.8 Å². The van der Waals surface area contributed by atoms with Gasteiger partial charge in [0.25, 0.3) is 0 Å². The van der Waals surface area contributed by atoms with Crippen molar-refractivity contribution < 1.29 is 4.74 Å². The third kappa shape index (κ3) is 6.15. The average Bonchev–Trinajstić information content (AvgIpc) is 2.67. The molecule has 3 aromatic rings. The van der Waals surface area contributed by atoms with Crippen LogP contribution in [0.3, 0.4) is 0 Å². The molecular weight excluding hydrogens is 413 g/mol. The normalized spacial score (nSPS) is 10.9. The van der Waals surface area contributed by atoms with Crippen LogP contribution in [-0.2, 0) is 19.6 Å². The van der Waals surface area contributed by atoms with E-state index >= 15 is 0 Å². The minimum absolute atomic E-state index is 0.458. The van der Waals surface area contributed by atoms with Crippen LogP contribution in [0.1, 0.15) is 22.3 Å². The van der Waals surface area contributed by atoms with Crippen molar-refractivity contribution in [1.29, 1.82) is 0 Å². The first-order chi connectivity index (χ1) is 13.5. The molecule has 3 aromatic carbocycles. The topological polar surface area (TPSA) is 21.3 Å².